The fraction of sp³-hybridized carbons (Fsp3) is 1.00. The van der Waals surface area contributed by atoms with Crippen molar-refractivity contribution in [1.29, 1.82) is 0 Å². The third kappa shape index (κ3) is 9.61. The van der Waals surface area contributed by atoms with Crippen LogP contribution in [0.5, 0.6) is 0 Å². The van der Waals surface area contributed by atoms with Crippen LogP contribution in [0, 0.1) is 5.92 Å². The van der Waals surface area contributed by atoms with Gasteiger partial charge in [-0.15, -0.1) is 0 Å². The molecule has 0 fully saturated rings. The monoisotopic (exact) mass is 372 g/mol. The summed E-state index contributed by atoms with van der Waals surface area (Å²) in [6.07, 6.45) is 3.54. The van der Waals surface area contributed by atoms with E-state index in [0.717, 1.165) is 12.8 Å². The minimum Gasteiger partial charge on any atom is -0.361 e. The lowest BCUT2D eigenvalue weighted by Crippen LogP contribution is -2.37. The first-order chi connectivity index (χ1) is 10.3. The average Bonchev–Trinajstić information content (AvgIpc) is 2.33. The van der Waals surface area contributed by atoms with Crippen molar-refractivity contribution in [3.63, 3.8) is 0 Å². The molecular weight excluding hydrogens is 340 g/mol. The largest absolute Gasteiger partial charge is 0.361 e. The highest BCUT2D eigenvalue weighted by molar-refractivity contribution is 7.90. The Balaban J connectivity index is 4.24. The Hall–Kier alpha value is -0.220. The van der Waals surface area contributed by atoms with Gasteiger partial charge in [-0.1, -0.05) is 20.3 Å². The van der Waals surface area contributed by atoms with Crippen molar-refractivity contribution in [2.45, 2.75) is 76.4 Å². The molecule has 9 heteroatoms. The number of primary sulfonamides is 2. The molecule has 0 saturated heterocycles. The molecule has 23 heavy (non-hydrogen) atoms. The second-order valence-corrected chi connectivity index (χ2v) is 10.9. The highest BCUT2D eigenvalue weighted by Gasteiger charge is 2.30. The van der Waals surface area contributed by atoms with Crippen LogP contribution in [0.3, 0.4) is 0 Å². The van der Waals surface area contributed by atoms with E-state index in [0.29, 0.717) is 31.6 Å². The van der Waals surface area contributed by atoms with Gasteiger partial charge in [0, 0.05) is 6.61 Å². The van der Waals surface area contributed by atoms with Gasteiger partial charge < -0.3 is 4.74 Å². The zero-order valence-electron chi connectivity index (χ0n) is 14.6. The number of unbranched alkanes of at least 4 members (excludes halogenated alkanes) is 1. The first-order valence-electron chi connectivity index (χ1n) is 7.93. The number of rotatable bonds is 12. The van der Waals surface area contributed by atoms with Crippen molar-refractivity contribution in [3.8, 4) is 0 Å². The predicted molar refractivity (Wildman–Crippen MR) is 92.6 cm³/mol. The van der Waals surface area contributed by atoms with Crippen LogP contribution in [0.25, 0.3) is 0 Å². The summed E-state index contributed by atoms with van der Waals surface area (Å²) in [5.74, 6) is 0.497. The van der Waals surface area contributed by atoms with Gasteiger partial charge in [-0.3, -0.25) is 0 Å². The van der Waals surface area contributed by atoms with Gasteiger partial charge in [0.15, 0.2) is 5.44 Å². The van der Waals surface area contributed by atoms with E-state index in [1.165, 1.54) is 0 Å². The van der Waals surface area contributed by atoms with Crippen LogP contribution in [0.1, 0.15) is 66.2 Å². The maximum atomic E-state index is 11.5. The van der Waals surface area contributed by atoms with E-state index in [1.807, 2.05) is 0 Å². The van der Waals surface area contributed by atoms with Crippen LogP contribution in [-0.4, -0.2) is 33.6 Å². The standard InChI is InChI=1S/C14H32N2O5S2/c1-12(2)8-7-9-13(22(15,17)18)21-11-6-5-10-14(3,4)23(16,19)20/h12-13H,5-11H2,1-4H3,(H2,15,17,18)(H2,16,19,20). The average molecular weight is 373 g/mol. The van der Waals surface area contributed by atoms with E-state index >= 15 is 0 Å². The van der Waals surface area contributed by atoms with Crippen LogP contribution in [0.4, 0.5) is 0 Å². The van der Waals surface area contributed by atoms with Crippen molar-refractivity contribution in [2.24, 2.45) is 16.2 Å². The summed E-state index contributed by atoms with van der Waals surface area (Å²) in [7, 11) is -7.35. The maximum absolute atomic E-state index is 11.5. The van der Waals surface area contributed by atoms with Crippen LogP contribution >= 0.6 is 0 Å². The summed E-state index contributed by atoms with van der Waals surface area (Å²) < 4.78 is 50.2. The molecule has 0 saturated carbocycles. The highest BCUT2D eigenvalue weighted by atomic mass is 32.2. The van der Waals surface area contributed by atoms with Gasteiger partial charge in [0.25, 0.3) is 0 Å². The topological polar surface area (TPSA) is 130 Å². The molecule has 0 bridgehead atoms. The number of sulfonamides is 2. The molecular formula is C14H32N2O5S2. The Morgan fingerprint density at radius 1 is 0.957 bits per heavy atom. The number of hydrogen-bond donors (Lipinski definition) is 2. The molecule has 0 amide bonds. The summed E-state index contributed by atoms with van der Waals surface area (Å²) in [6, 6.07) is 0. The summed E-state index contributed by atoms with van der Waals surface area (Å²) in [5.41, 5.74) is -0.993. The Morgan fingerprint density at radius 3 is 1.96 bits per heavy atom. The molecule has 140 valence electrons. The van der Waals surface area contributed by atoms with Crippen molar-refractivity contribution < 1.29 is 21.6 Å². The molecule has 0 aliphatic heterocycles. The second-order valence-electron chi connectivity index (χ2n) is 6.98. The zero-order chi connectivity index (χ0) is 18.3. The minimum absolute atomic E-state index is 0.226. The zero-order valence-corrected chi connectivity index (χ0v) is 16.2. The molecule has 1 atom stereocenters. The van der Waals surface area contributed by atoms with Crippen molar-refractivity contribution in [2.75, 3.05) is 6.61 Å². The van der Waals surface area contributed by atoms with Crippen molar-refractivity contribution >= 4 is 20.0 Å². The van der Waals surface area contributed by atoms with Gasteiger partial charge in [-0.25, -0.2) is 27.1 Å². The van der Waals surface area contributed by atoms with E-state index in [2.05, 4.69) is 13.8 Å². The molecule has 0 spiro atoms. The van der Waals surface area contributed by atoms with Crippen molar-refractivity contribution in [1.82, 2.24) is 0 Å². The summed E-state index contributed by atoms with van der Waals surface area (Å²) in [6.45, 7) is 7.51. The molecule has 0 aliphatic carbocycles. The van der Waals surface area contributed by atoms with E-state index in [4.69, 9.17) is 15.0 Å². The fourth-order valence-electron chi connectivity index (χ4n) is 2.05. The van der Waals surface area contributed by atoms with E-state index in [-0.39, 0.29) is 6.61 Å². The third-order valence-corrected chi connectivity index (χ3v) is 6.68. The van der Waals surface area contributed by atoms with Crippen LogP contribution < -0.4 is 10.3 Å². The SMILES string of the molecule is CC(C)CCCC(OCCCCC(C)(C)S(N)(=O)=O)S(N)(=O)=O. The van der Waals surface area contributed by atoms with Crippen LogP contribution in [0.2, 0.25) is 0 Å². The fourth-order valence-corrected chi connectivity index (χ4v) is 3.25. The molecule has 0 aliphatic rings. The minimum atomic E-state index is -3.74. The third-order valence-electron chi connectivity index (χ3n) is 3.83. The lowest BCUT2D eigenvalue weighted by molar-refractivity contribution is 0.0933. The number of ether oxygens (including phenoxy) is 1. The molecule has 0 heterocycles. The second kappa shape index (κ2) is 9.31. The van der Waals surface area contributed by atoms with Gasteiger partial charge in [0.2, 0.25) is 20.0 Å². The summed E-state index contributed by atoms with van der Waals surface area (Å²) in [4.78, 5) is 0. The highest BCUT2D eigenvalue weighted by Crippen LogP contribution is 2.21. The van der Waals surface area contributed by atoms with Gasteiger partial charge >= 0.3 is 0 Å². The lowest BCUT2D eigenvalue weighted by atomic mass is 10.1. The molecule has 1 unspecified atom stereocenters. The maximum Gasteiger partial charge on any atom is 0.236 e. The lowest BCUT2D eigenvalue weighted by Gasteiger charge is -2.22. The molecule has 0 aromatic rings. The quantitative estimate of drug-likeness (QED) is 0.503. The van der Waals surface area contributed by atoms with E-state index in [1.54, 1.807) is 13.8 Å². The van der Waals surface area contributed by atoms with Gasteiger partial charge in [0.05, 0.1) is 4.75 Å². The Labute approximate surface area is 141 Å². The van der Waals surface area contributed by atoms with Gasteiger partial charge in [-0.2, -0.15) is 0 Å². The Morgan fingerprint density at radius 2 is 1.52 bits per heavy atom. The Bertz CT molecular complexity index is 542. The number of nitrogens with two attached hydrogens (primary N) is 2. The smallest absolute Gasteiger partial charge is 0.236 e. The molecule has 7 nitrogen and oxygen atoms in total. The summed E-state index contributed by atoms with van der Waals surface area (Å²) in [5, 5.41) is 10.3. The first-order valence-corrected chi connectivity index (χ1v) is 11.1. The Kier molecular flexibility index (Phi) is 9.22. The predicted octanol–water partition coefficient (Wildman–Crippen LogP) is 1.68. The van der Waals surface area contributed by atoms with Crippen LogP contribution in [0.15, 0.2) is 0 Å². The summed E-state index contributed by atoms with van der Waals surface area (Å²) >= 11 is 0. The van der Waals surface area contributed by atoms with Crippen molar-refractivity contribution in [3.05, 3.63) is 0 Å². The van der Waals surface area contributed by atoms with Gasteiger partial charge in [0.1, 0.15) is 0 Å². The molecule has 0 rings (SSSR count). The number of hydrogen-bond acceptors (Lipinski definition) is 5. The van der Waals surface area contributed by atoms with Gasteiger partial charge in [-0.05, 0) is 51.9 Å². The molecule has 0 aromatic carbocycles. The van der Waals surface area contributed by atoms with E-state index < -0.39 is 30.2 Å². The molecule has 0 aromatic heterocycles. The first kappa shape index (κ1) is 22.8. The molecule has 4 N–H and O–H groups in total. The molecule has 0 radical (unpaired) electrons. The van der Waals surface area contributed by atoms with E-state index in [9.17, 15) is 16.8 Å². The van der Waals surface area contributed by atoms with Crippen LogP contribution in [-0.2, 0) is 24.8 Å². The normalized spacial score (nSPS) is 15.1.